The zero-order chi connectivity index (χ0) is 25.7. The molecule has 0 unspecified atom stereocenters. The number of pyridine rings is 2. The largest absolute Gasteiger partial charge is 0.322 e. The van der Waals surface area contributed by atoms with Gasteiger partial charge in [0.1, 0.15) is 10.8 Å². The average molecular weight is 539 g/mol. The molecule has 2 aromatic carbocycles. The van der Waals surface area contributed by atoms with Crippen LogP contribution in [0.2, 0.25) is 5.02 Å². The number of amides is 1. The molecule has 0 aliphatic heterocycles. The van der Waals surface area contributed by atoms with Crippen LogP contribution in [0.1, 0.15) is 27.0 Å². The topological polar surface area (TPSA) is 101 Å². The molecular formula is C26H23ClN4O3S2. The summed E-state index contributed by atoms with van der Waals surface area (Å²) in [4.78, 5) is 21.6. The highest BCUT2D eigenvalue weighted by Crippen LogP contribution is 2.26. The van der Waals surface area contributed by atoms with Gasteiger partial charge in [0.15, 0.2) is 0 Å². The number of hydrogen-bond acceptors (Lipinski definition) is 6. The highest BCUT2D eigenvalue weighted by atomic mass is 35.5. The van der Waals surface area contributed by atoms with Crippen molar-refractivity contribution < 1.29 is 13.2 Å². The second-order valence-corrected chi connectivity index (χ2v) is 11.2. The highest BCUT2D eigenvalue weighted by Gasteiger charge is 2.16. The smallest absolute Gasteiger partial charge is 0.263 e. The number of anilines is 2. The van der Waals surface area contributed by atoms with Crippen LogP contribution < -0.4 is 10.0 Å². The van der Waals surface area contributed by atoms with Crippen LogP contribution in [-0.4, -0.2) is 24.3 Å². The Morgan fingerprint density at radius 3 is 2.39 bits per heavy atom. The van der Waals surface area contributed by atoms with E-state index < -0.39 is 10.0 Å². The number of aryl methyl sites for hydroxylation is 2. The third-order valence-electron chi connectivity index (χ3n) is 5.06. The molecule has 0 aliphatic carbocycles. The summed E-state index contributed by atoms with van der Waals surface area (Å²) in [7, 11) is -3.81. The van der Waals surface area contributed by atoms with Crippen molar-refractivity contribution in [3.05, 3.63) is 106 Å². The Labute approximate surface area is 219 Å². The molecule has 0 saturated carbocycles. The molecule has 0 saturated heterocycles. The summed E-state index contributed by atoms with van der Waals surface area (Å²) < 4.78 is 27.8. The average Bonchev–Trinajstić information content (AvgIpc) is 2.82. The first-order chi connectivity index (χ1) is 17.2. The summed E-state index contributed by atoms with van der Waals surface area (Å²) in [6.45, 7) is 3.96. The lowest BCUT2D eigenvalue weighted by atomic mass is 10.1. The van der Waals surface area contributed by atoms with E-state index in [1.54, 1.807) is 30.5 Å². The standard InChI is InChI=1S/C26H23ClN4O3S2/c1-17-12-18(2)14-21(13-17)30-25(32)23-4-3-10-29-26(23)35-16-19-9-11-28-24(15-19)31-36(33,34)22-7-5-20(27)6-8-22/h3-15H,16H2,1-2H3,(H,28,31)(H,30,32). The van der Waals surface area contributed by atoms with Gasteiger partial charge in [-0.3, -0.25) is 9.52 Å². The molecule has 4 aromatic rings. The van der Waals surface area contributed by atoms with Gasteiger partial charge in [0.05, 0.1) is 10.5 Å². The SMILES string of the molecule is Cc1cc(C)cc(NC(=O)c2cccnc2SCc2ccnc(NS(=O)(=O)c3ccc(Cl)cc3)c2)c1. The van der Waals surface area contributed by atoms with Crippen molar-refractivity contribution in [3.63, 3.8) is 0 Å². The van der Waals surface area contributed by atoms with Crippen LogP contribution in [0.25, 0.3) is 0 Å². The Morgan fingerprint density at radius 2 is 1.67 bits per heavy atom. The second-order valence-electron chi connectivity index (χ2n) is 8.08. The minimum atomic E-state index is -3.81. The quantitative estimate of drug-likeness (QED) is 0.263. The fourth-order valence-corrected chi connectivity index (χ4v) is 5.57. The number of thioether (sulfide) groups is 1. The van der Waals surface area contributed by atoms with E-state index in [1.807, 2.05) is 32.0 Å². The van der Waals surface area contributed by atoms with E-state index in [2.05, 4.69) is 20.0 Å². The molecule has 10 heteroatoms. The zero-order valence-corrected chi connectivity index (χ0v) is 21.9. The molecule has 0 bridgehead atoms. The third kappa shape index (κ3) is 6.63. The Hall–Kier alpha value is -3.40. The van der Waals surface area contributed by atoms with Crippen molar-refractivity contribution in [1.29, 1.82) is 0 Å². The van der Waals surface area contributed by atoms with Crippen LogP contribution >= 0.6 is 23.4 Å². The molecule has 2 N–H and O–H groups in total. The van der Waals surface area contributed by atoms with Gasteiger partial charge in [-0.2, -0.15) is 0 Å². The highest BCUT2D eigenvalue weighted by molar-refractivity contribution is 7.98. The van der Waals surface area contributed by atoms with Crippen LogP contribution in [0, 0.1) is 13.8 Å². The number of rotatable bonds is 8. The van der Waals surface area contributed by atoms with E-state index in [0.717, 1.165) is 22.4 Å². The molecule has 36 heavy (non-hydrogen) atoms. The van der Waals surface area contributed by atoms with Crippen LogP contribution in [0.15, 0.2) is 89.0 Å². The van der Waals surface area contributed by atoms with Crippen molar-refractivity contribution in [2.24, 2.45) is 0 Å². The van der Waals surface area contributed by atoms with Gasteiger partial charge < -0.3 is 5.32 Å². The van der Waals surface area contributed by atoms with Crippen LogP contribution in [0.5, 0.6) is 0 Å². The lowest BCUT2D eigenvalue weighted by molar-refractivity contribution is 0.102. The Morgan fingerprint density at radius 1 is 0.944 bits per heavy atom. The first-order valence-corrected chi connectivity index (χ1v) is 13.7. The first kappa shape index (κ1) is 25.7. The minimum absolute atomic E-state index is 0.0846. The Bertz CT molecular complexity index is 1490. The molecule has 1 amide bonds. The number of halogens is 1. The third-order valence-corrected chi connectivity index (χ3v) is 7.76. The lowest BCUT2D eigenvalue weighted by Crippen LogP contribution is -2.14. The number of benzene rings is 2. The number of sulfonamides is 1. The molecule has 7 nitrogen and oxygen atoms in total. The number of carbonyl (C=O) groups is 1. The molecule has 4 rings (SSSR count). The summed E-state index contributed by atoms with van der Waals surface area (Å²) in [5, 5.41) is 3.96. The van der Waals surface area contributed by atoms with E-state index in [4.69, 9.17) is 11.6 Å². The summed E-state index contributed by atoms with van der Waals surface area (Å²) in [6.07, 6.45) is 3.16. The van der Waals surface area contributed by atoms with Crippen molar-refractivity contribution in [1.82, 2.24) is 9.97 Å². The summed E-state index contributed by atoms with van der Waals surface area (Å²) >= 11 is 7.23. The maximum atomic E-state index is 13.0. The van der Waals surface area contributed by atoms with Gasteiger partial charge in [0.2, 0.25) is 0 Å². The van der Waals surface area contributed by atoms with Gasteiger partial charge in [0, 0.05) is 28.9 Å². The maximum Gasteiger partial charge on any atom is 0.263 e. The van der Waals surface area contributed by atoms with Crippen molar-refractivity contribution in [3.8, 4) is 0 Å². The van der Waals surface area contributed by atoms with Gasteiger partial charge in [-0.25, -0.2) is 18.4 Å². The molecule has 2 aromatic heterocycles. The molecular weight excluding hydrogens is 516 g/mol. The Kier molecular flexibility index (Phi) is 7.93. The molecule has 184 valence electrons. The van der Waals surface area contributed by atoms with Crippen molar-refractivity contribution >= 4 is 50.8 Å². The predicted molar refractivity (Wildman–Crippen MR) is 144 cm³/mol. The van der Waals surface area contributed by atoms with E-state index in [1.165, 1.54) is 42.2 Å². The van der Waals surface area contributed by atoms with E-state index >= 15 is 0 Å². The molecule has 2 heterocycles. The summed E-state index contributed by atoms with van der Waals surface area (Å²) in [5.74, 6) is 0.401. The molecule has 0 spiro atoms. The number of hydrogen-bond donors (Lipinski definition) is 2. The van der Waals surface area contributed by atoms with Gasteiger partial charge in [-0.1, -0.05) is 17.7 Å². The van der Waals surface area contributed by atoms with Gasteiger partial charge in [-0.15, -0.1) is 11.8 Å². The van der Waals surface area contributed by atoms with Crippen LogP contribution in [-0.2, 0) is 15.8 Å². The predicted octanol–water partition coefficient (Wildman–Crippen LogP) is 6.09. The second kappa shape index (κ2) is 11.1. The van der Waals surface area contributed by atoms with Crippen molar-refractivity contribution in [2.75, 3.05) is 10.0 Å². The minimum Gasteiger partial charge on any atom is -0.322 e. The maximum absolute atomic E-state index is 13.0. The van der Waals surface area contributed by atoms with E-state index in [-0.39, 0.29) is 16.6 Å². The zero-order valence-electron chi connectivity index (χ0n) is 19.5. The fraction of sp³-hybridized carbons (Fsp3) is 0.115. The normalized spacial score (nSPS) is 11.2. The van der Waals surface area contributed by atoms with Gasteiger partial charge >= 0.3 is 0 Å². The van der Waals surface area contributed by atoms with Crippen LogP contribution in [0.3, 0.4) is 0 Å². The summed E-state index contributed by atoms with van der Waals surface area (Å²) in [6, 6.07) is 18.6. The number of carbonyl (C=O) groups excluding carboxylic acids is 1. The molecule has 0 atom stereocenters. The lowest BCUT2D eigenvalue weighted by Gasteiger charge is -2.11. The van der Waals surface area contributed by atoms with Gasteiger partial charge in [0.25, 0.3) is 15.9 Å². The molecule has 0 aliphatic rings. The van der Waals surface area contributed by atoms with E-state index in [9.17, 15) is 13.2 Å². The first-order valence-electron chi connectivity index (χ1n) is 10.9. The monoisotopic (exact) mass is 538 g/mol. The fourth-order valence-electron chi connectivity index (χ4n) is 3.51. The van der Waals surface area contributed by atoms with E-state index in [0.29, 0.717) is 21.4 Å². The molecule has 0 fully saturated rings. The summed E-state index contributed by atoms with van der Waals surface area (Å²) in [5.41, 5.74) is 4.12. The number of nitrogens with zero attached hydrogens (tertiary/aromatic N) is 2. The van der Waals surface area contributed by atoms with Crippen LogP contribution in [0.4, 0.5) is 11.5 Å². The van der Waals surface area contributed by atoms with Crippen molar-refractivity contribution in [2.45, 2.75) is 29.5 Å². The molecule has 0 radical (unpaired) electrons. The van der Waals surface area contributed by atoms with Gasteiger partial charge in [-0.05, 0) is 91.2 Å². The Balaban J connectivity index is 1.46. The number of aromatic nitrogens is 2. The number of nitrogens with one attached hydrogen (secondary N) is 2.